The first kappa shape index (κ1) is 23.5. The van der Waals surface area contributed by atoms with Gasteiger partial charge in [0.1, 0.15) is 0 Å². The van der Waals surface area contributed by atoms with Gasteiger partial charge in [-0.25, -0.2) is 8.78 Å². The number of fused-ring (bicyclic) bond motifs is 2. The van der Waals surface area contributed by atoms with E-state index in [0.717, 1.165) is 50.5 Å². The highest BCUT2D eigenvalue weighted by Crippen LogP contribution is 2.33. The van der Waals surface area contributed by atoms with Gasteiger partial charge in [-0.2, -0.15) is 0 Å². The molecule has 1 saturated heterocycles. The minimum atomic E-state index is -0.925. The van der Waals surface area contributed by atoms with Crippen LogP contribution in [-0.2, 0) is 22.4 Å². The number of ether oxygens (including phenoxy) is 2. The lowest BCUT2D eigenvalue weighted by atomic mass is 10.0. The Balaban J connectivity index is 1.05. The van der Waals surface area contributed by atoms with Crippen LogP contribution in [-0.4, -0.2) is 55.7 Å². The van der Waals surface area contributed by atoms with Gasteiger partial charge in [-0.3, -0.25) is 9.59 Å². The third kappa shape index (κ3) is 5.40. The predicted octanol–water partition coefficient (Wildman–Crippen LogP) is 3.19. The third-order valence-corrected chi connectivity index (χ3v) is 6.93. The molecule has 5 rings (SSSR count). The molecule has 0 bridgehead atoms. The van der Waals surface area contributed by atoms with Crippen LogP contribution in [0.2, 0.25) is 0 Å². The lowest BCUT2D eigenvalue weighted by Crippen LogP contribution is -2.45. The van der Waals surface area contributed by atoms with Crippen LogP contribution in [0, 0.1) is 11.6 Å². The predicted molar refractivity (Wildman–Crippen MR) is 126 cm³/mol. The Labute approximate surface area is 203 Å². The molecule has 3 heterocycles. The Morgan fingerprint density at radius 1 is 1.00 bits per heavy atom. The first-order chi connectivity index (χ1) is 17.0. The minimum Gasteiger partial charge on any atom is -0.454 e. The van der Waals surface area contributed by atoms with Crippen LogP contribution >= 0.6 is 0 Å². The van der Waals surface area contributed by atoms with Gasteiger partial charge in [0.15, 0.2) is 23.1 Å². The smallest absolute Gasteiger partial charge is 0.231 e. The summed E-state index contributed by atoms with van der Waals surface area (Å²) in [6, 6.07) is 8.04. The molecule has 0 saturated carbocycles. The molecule has 0 aromatic heterocycles. The zero-order valence-electron chi connectivity index (χ0n) is 19.5. The number of carbonyl (C=O) groups is 2. The van der Waals surface area contributed by atoms with Crippen LogP contribution in [0.15, 0.2) is 30.3 Å². The summed E-state index contributed by atoms with van der Waals surface area (Å²) < 4.78 is 38.0. The highest BCUT2D eigenvalue weighted by atomic mass is 19.2. The fraction of sp³-hybridized carbons (Fsp3) is 0.462. The highest BCUT2D eigenvalue weighted by molar-refractivity contribution is 5.96. The molecule has 2 aromatic rings. The molecular formula is C26H29F2N3O4. The van der Waals surface area contributed by atoms with Gasteiger partial charge in [0, 0.05) is 43.9 Å². The second kappa shape index (κ2) is 10.2. The molecule has 7 nitrogen and oxygen atoms in total. The van der Waals surface area contributed by atoms with Crippen molar-refractivity contribution in [1.29, 1.82) is 0 Å². The Bertz CT molecular complexity index is 1120. The first-order valence-electron chi connectivity index (χ1n) is 12.1. The van der Waals surface area contributed by atoms with E-state index >= 15 is 0 Å². The van der Waals surface area contributed by atoms with E-state index in [4.69, 9.17) is 9.47 Å². The number of benzene rings is 2. The molecule has 2 amide bonds. The van der Waals surface area contributed by atoms with E-state index in [9.17, 15) is 18.4 Å². The van der Waals surface area contributed by atoms with E-state index in [1.165, 1.54) is 6.07 Å². The molecule has 35 heavy (non-hydrogen) atoms. The van der Waals surface area contributed by atoms with Crippen LogP contribution in [0.3, 0.4) is 0 Å². The van der Waals surface area contributed by atoms with Gasteiger partial charge < -0.3 is 24.6 Å². The van der Waals surface area contributed by atoms with E-state index in [2.05, 4.69) is 10.2 Å². The Morgan fingerprint density at radius 3 is 2.60 bits per heavy atom. The first-order valence-corrected chi connectivity index (χ1v) is 12.1. The van der Waals surface area contributed by atoms with Gasteiger partial charge in [0.2, 0.25) is 18.6 Å². The number of nitrogens with one attached hydrogen (secondary N) is 1. The van der Waals surface area contributed by atoms with Gasteiger partial charge in [-0.15, -0.1) is 0 Å². The number of carbonyl (C=O) groups excluding carboxylic acids is 2. The van der Waals surface area contributed by atoms with Crippen molar-refractivity contribution in [1.82, 2.24) is 10.2 Å². The highest BCUT2D eigenvalue weighted by Gasteiger charge is 2.26. The molecule has 0 aliphatic carbocycles. The maximum Gasteiger partial charge on any atom is 0.231 e. The van der Waals surface area contributed by atoms with Crippen LogP contribution in [0.4, 0.5) is 14.5 Å². The van der Waals surface area contributed by atoms with Crippen LogP contribution < -0.4 is 19.7 Å². The van der Waals surface area contributed by atoms with Crippen LogP contribution in [0.25, 0.3) is 0 Å². The monoisotopic (exact) mass is 485 g/mol. The summed E-state index contributed by atoms with van der Waals surface area (Å²) in [5.41, 5.74) is 2.06. The summed E-state index contributed by atoms with van der Waals surface area (Å²) in [6.07, 6.45) is 3.52. The number of halogens is 2. The van der Waals surface area contributed by atoms with E-state index in [-0.39, 0.29) is 24.6 Å². The second-order valence-corrected chi connectivity index (χ2v) is 9.34. The van der Waals surface area contributed by atoms with E-state index in [1.807, 2.05) is 18.2 Å². The van der Waals surface area contributed by atoms with Gasteiger partial charge in [0.25, 0.3) is 0 Å². The zero-order valence-corrected chi connectivity index (χ0v) is 19.5. The fourth-order valence-electron chi connectivity index (χ4n) is 5.05. The molecule has 3 aliphatic heterocycles. The van der Waals surface area contributed by atoms with E-state index in [0.29, 0.717) is 48.6 Å². The molecular weight excluding hydrogens is 456 g/mol. The van der Waals surface area contributed by atoms with Gasteiger partial charge in [0.05, 0.1) is 6.42 Å². The molecule has 9 heteroatoms. The molecule has 0 radical (unpaired) electrons. The second-order valence-electron chi connectivity index (χ2n) is 9.34. The third-order valence-electron chi connectivity index (χ3n) is 6.93. The minimum absolute atomic E-state index is 0.00624. The van der Waals surface area contributed by atoms with Crippen molar-refractivity contribution < 1.29 is 27.8 Å². The summed E-state index contributed by atoms with van der Waals surface area (Å²) >= 11 is 0. The average molecular weight is 486 g/mol. The van der Waals surface area contributed by atoms with Crippen molar-refractivity contribution in [3.63, 3.8) is 0 Å². The van der Waals surface area contributed by atoms with Gasteiger partial charge in [-0.05, 0) is 61.6 Å². The van der Waals surface area contributed by atoms with Crippen molar-refractivity contribution in [3.8, 4) is 11.5 Å². The maximum absolute atomic E-state index is 13.8. The standard InChI is InChI=1S/C26H29F2N3O4/c27-20-14-18-3-5-26(33)31(22(18)15-21(20)28)9-1-8-30-10-6-19(7-11-30)29-25(32)13-17-2-4-23-24(12-17)35-16-34-23/h2,4,12,14-15,19H,1,3,5-11,13,16H2,(H,29,32). The number of nitrogens with zero attached hydrogens (tertiary/aromatic N) is 2. The molecule has 2 aromatic carbocycles. The Kier molecular flexibility index (Phi) is 6.86. The summed E-state index contributed by atoms with van der Waals surface area (Å²) in [7, 11) is 0. The SMILES string of the molecule is O=C(Cc1ccc2c(c1)OCO2)NC1CCN(CCCN2C(=O)CCc3cc(F)c(F)cc32)CC1. The van der Waals surface area contributed by atoms with Crippen LogP contribution in [0.1, 0.15) is 36.8 Å². The average Bonchev–Trinajstić information content (AvgIpc) is 3.31. The molecule has 0 spiro atoms. The number of likely N-dealkylation sites (tertiary alicyclic amines) is 1. The van der Waals surface area contributed by atoms with Crippen molar-refractivity contribution in [3.05, 3.63) is 53.1 Å². The Morgan fingerprint density at radius 2 is 1.77 bits per heavy atom. The number of aryl methyl sites for hydroxylation is 1. The van der Waals surface area contributed by atoms with E-state index in [1.54, 1.807) is 4.90 Å². The number of rotatable bonds is 7. The number of amides is 2. The topological polar surface area (TPSA) is 71.1 Å². The van der Waals surface area contributed by atoms with Crippen molar-refractivity contribution >= 4 is 17.5 Å². The fourth-order valence-corrected chi connectivity index (χ4v) is 5.05. The quantitative estimate of drug-likeness (QED) is 0.653. The van der Waals surface area contributed by atoms with Crippen LogP contribution in [0.5, 0.6) is 11.5 Å². The summed E-state index contributed by atoms with van der Waals surface area (Å²) in [4.78, 5) is 28.8. The van der Waals surface area contributed by atoms with Crippen molar-refractivity contribution in [2.75, 3.05) is 37.9 Å². The van der Waals surface area contributed by atoms with Crippen molar-refractivity contribution in [2.45, 2.75) is 44.6 Å². The largest absolute Gasteiger partial charge is 0.454 e. The number of piperidine rings is 1. The summed E-state index contributed by atoms with van der Waals surface area (Å²) in [5.74, 6) is -0.470. The van der Waals surface area contributed by atoms with E-state index < -0.39 is 11.6 Å². The normalized spacial score (nSPS) is 18.0. The Hall–Kier alpha value is -3.20. The van der Waals surface area contributed by atoms with Gasteiger partial charge in [-0.1, -0.05) is 6.07 Å². The number of hydrogen-bond donors (Lipinski definition) is 1. The molecule has 186 valence electrons. The van der Waals surface area contributed by atoms with Crippen molar-refractivity contribution in [2.24, 2.45) is 0 Å². The molecule has 1 N–H and O–H groups in total. The number of hydrogen-bond acceptors (Lipinski definition) is 5. The molecule has 0 unspecified atom stereocenters. The lowest BCUT2D eigenvalue weighted by molar-refractivity contribution is -0.121. The molecule has 0 atom stereocenters. The molecule has 3 aliphatic rings. The lowest BCUT2D eigenvalue weighted by Gasteiger charge is -2.34. The number of anilines is 1. The maximum atomic E-state index is 13.8. The van der Waals surface area contributed by atoms with Gasteiger partial charge >= 0.3 is 0 Å². The summed E-state index contributed by atoms with van der Waals surface area (Å²) in [5, 5.41) is 3.13. The summed E-state index contributed by atoms with van der Waals surface area (Å²) in [6.45, 7) is 3.21. The molecule has 1 fully saturated rings. The zero-order chi connectivity index (χ0) is 24.4.